The Hall–Kier alpha value is -0.0400. The van der Waals surface area contributed by atoms with Gasteiger partial charge in [0.1, 0.15) is 0 Å². The first kappa shape index (κ1) is 10.0. The lowest BCUT2D eigenvalue weighted by atomic mass is 9.86. The molecule has 0 saturated heterocycles. The van der Waals surface area contributed by atoms with Crippen molar-refractivity contribution in [2.75, 3.05) is 6.54 Å². The zero-order valence-corrected chi connectivity index (χ0v) is 8.88. The van der Waals surface area contributed by atoms with Gasteiger partial charge in [0.05, 0.1) is 0 Å². The van der Waals surface area contributed by atoms with Crippen LogP contribution < -0.4 is 5.73 Å². The molecule has 5 unspecified atom stereocenters. The largest absolute Gasteiger partial charge is 0.330 e. The van der Waals surface area contributed by atoms with E-state index in [2.05, 4.69) is 27.7 Å². The van der Waals surface area contributed by atoms with Crippen LogP contribution in [0, 0.1) is 29.6 Å². The Kier molecular flexibility index (Phi) is 3.16. The summed E-state index contributed by atoms with van der Waals surface area (Å²) in [5.74, 6) is 4.22. The van der Waals surface area contributed by atoms with Crippen LogP contribution in [-0.4, -0.2) is 6.54 Å². The summed E-state index contributed by atoms with van der Waals surface area (Å²) in [6.07, 6.45) is 1.30. The fourth-order valence-electron chi connectivity index (χ4n) is 3.10. The predicted molar refractivity (Wildman–Crippen MR) is 53.8 cm³/mol. The van der Waals surface area contributed by atoms with Gasteiger partial charge in [0.2, 0.25) is 0 Å². The van der Waals surface area contributed by atoms with Gasteiger partial charge in [-0.15, -0.1) is 0 Å². The molecule has 1 aliphatic rings. The minimum Gasteiger partial charge on any atom is -0.330 e. The third-order valence-corrected chi connectivity index (χ3v) is 4.30. The smallest absolute Gasteiger partial charge is 0.00435 e. The third-order valence-electron chi connectivity index (χ3n) is 4.30. The minimum atomic E-state index is 0.778. The maximum absolute atomic E-state index is 5.81. The average Bonchev–Trinajstić information content (AvgIpc) is 2.29. The van der Waals surface area contributed by atoms with Crippen molar-refractivity contribution >= 4 is 0 Å². The van der Waals surface area contributed by atoms with Gasteiger partial charge >= 0.3 is 0 Å². The van der Waals surface area contributed by atoms with Gasteiger partial charge in [0.25, 0.3) is 0 Å². The SMILES string of the molecule is CCC1C(C)C(C)C(C)C1CN. The first-order valence-electron chi connectivity index (χ1n) is 5.33. The van der Waals surface area contributed by atoms with E-state index in [0.717, 1.165) is 36.1 Å². The van der Waals surface area contributed by atoms with Crippen molar-refractivity contribution in [1.82, 2.24) is 0 Å². The molecule has 0 aliphatic heterocycles. The van der Waals surface area contributed by atoms with Crippen molar-refractivity contribution in [3.8, 4) is 0 Å². The Morgan fingerprint density at radius 2 is 1.42 bits per heavy atom. The first-order valence-corrected chi connectivity index (χ1v) is 5.33. The summed E-state index contributed by atoms with van der Waals surface area (Å²) < 4.78 is 0. The molecular formula is C11H23N. The molecule has 0 aromatic carbocycles. The van der Waals surface area contributed by atoms with Gasteiger partial charge in [0.15, 0.2) is 0 Å². The second-order valence-corrected chi connectivity index (χ2v) is 4.55. The maximum atomic E-state index is 5.81. The van der Waals surface area contributed by atoms with Gasteiger partial charge in [-0.2, -0.15) is 0 Å². The van der Waals surface area contributed by atoms with Gasteiger partial charge in [0, 0.05) is 0 Å². The summed E-state index contributed by atoms with van der Waals surface area (Å²) in [6, 6.07) is 0. The molecule has 12 heavy (non-hydrogen) atoms. The van der Waals surface area contributed by atoms with Crippen molar-refractivity contribution in [2.45, 2.75) is 34.1 Å². The second kappa shape index (κ2) is 3.78. The Morgan fingerprint density at radius 1 is 0.917 bits per heavy atom. The van der Waals surface area contributed by atoms with Crippen molar-refractivity contribution in [1.29, 1.82) is 0 Å². The van der Waals surface area contributed by atoms with Crippen LogP contribution in [0.3, 0.4) is 0 Å². The molecule has 1 saturated carbocycles. The van der Waals surface area contributed by atoms with Crippen LogP contribution in [0.2, 0.25) is 0 Å². The van der Waals surface area contributed by atoms with Gasteiger partial charge in [-0.3, -0.25) is 0 Å². The average molecular weight is 169 g/mol. The molecule has 5 atom stereocenters. The quantitative estimate of drug-likeness (QED) is 0.675. The maximum Gasteiger partial charge on any atom is -0.00435 e. The standard InChI is InChI=1S/C11H23N/c1-5-10-8(3)7(2)9(4)11(10)6-12/h7-11H,5-6,12H2,1-4H3. The van der Waals surface area contributed by atoms with Gasteiger partial charge in [-0.1, -0.05) is 34.1 Å². The molecule has 0 aromatic heterocycles. The van der Waals surface area contributed by atoms with E-state index in [1.54, 1.807) is 0 Å². The molecule has 1 fully saturated rings. The number of hydrogen-bond acceptors (Lipinski definition) is 1. The molecule has 2 N–H and O–H groups in total. The molecule has 0 bridgehead atoms. The molecule has 0 heterocycles. The molecule has 0 spiro atoms. The van der Waals surface area contributed by atoms with E-state index < -0.39 is 0 Å². The highest BCUT2D eigenvalue weighted by Crippen LogP contribution is 2.46. The summed E-state index contributed by atoms with van der Waals surface area (Å²) in [7, 11) is 0. The molecule has 1 nitrogen and oxygen atoms in total. The van der Waals surface area contributed by atoms with E-state index in [9.17, 15) is 0 Å². The Balaban J connectivity index is 2.72. The van der Waals surface area contributed by atoms with Crippen LogP contribution in [0.4, 0.5) is 0 Å². The van der Waals surface area contributed by atoms with E-state index in [1.165, 1.54) is 6.42 Å². The van der Waals surface area contributed by atoms with E-state index in [0.29, 0.717) is 0 Å². The monoisotopic (exact) mass is 169 g/mol. The van der Waals surface area contributed by atoms with E-state index in [1.807, 2.05) is 0 Å². The van der Waals surface area contributed by atoms with E-state index in [-0.39, 0.29) is 0 Å². The number of hydrogen-bond donors (Lipinski definition) is 1. The van der Waals surface area contributed by atoms with Crippen LogP contribution in [0.15, 0.2) is 0 Å². The lowest BCUT2D eigenvalue weighted by Gasteiger charge is -2.21. The fraction of sp³-hybridized carbons (Fsp3) is 1.00. The number of rotatable bonds is 2. The summed E-state index contributed by atoms with van der Waals surface area (Å²) in [5, 5.41) is 0. The van der Waals surface area contributed by atoms with Crippen molar-refractivity contribution in [2.24, 2.45) is 35.3 Å². The molecule has 1 aliphatic carbocycles. The summed E-state index contributed by atoms with van der Waals surface area (Å²) in [5.41, 5.74) is 5.81. The Bertz CT molecular complexity index is 128. The zero-order chi connectivity index (χ0) is 9.30. The molecule has 0 radical (unpaired) electrons. The van der Waals surface area contributed by atoms with Crippen LogP contribution in [0.5, 0.6) is 0 Å². The van der Waals surface area contributed by atoms with Crippen molar-refractivity contribution in [3.63, 3.8) is 0 Å². The fourth-order valence-corrected chi connectivity index (χ4v) is 3.10. The van der Waals surface area contributed by atoms with Crippen LogP contribution in [-0.2, 0) is 0 Å². The van der Waals surface area contributed by atoms with Gasteiger partial charge in [-0.25, -0.2) is 0 Å². The molecule has 1 rings (SSSR count). The van der Waals surface area contributed by atoms with Crippen molar-refractivity contribution in [3.05, 3.63) is 0 Å². The highest BCUT2D eigenvalue weighted by molar-refractivity contribution is 4.91. The van der Waals surface area contributed by atoms with Crippen molar-refractivity contribution < 1.29 is 0 Å². The van der Waals surface area contributed by atoms with E-state index in [4.69, 9.17) is 5.73 Å². The highest BCUT2D eigenvalue weighted by atomic mass is 14.6. The molecule has 1 heteroatoms. The molecule has 0 amide bonds. The van der Waals surface area contributed by atoms with Crippen LogP contribution >= 0.6 is 0 Å². The minimum absolute atomic E-state index is 0.778. The second-order valence-electron chi connectivity index (χ2n) is 4.55. The topological polar surface area (TPSA) is 26.0 Å². The predicted octanol–water partition coefficient (Wildman–Crippen LogP) is 2.51. The zero-order valence-electron chi connectivity index (χ0n) is 8.88. The van der Waals surface area contributed by atoms with Gasteiger partial charge in [-0.05, 0) is 36.1 Å². The molecule has 0 aromatic rings. The summed E-state index contributed by atoms with van der Waals surface area (Å²) in [4.78, 5) is 0. The Labute approximate surface area is 76.7 Å². The molecule has 72 valence electrons. The number of nitrogens with two attached hydrogens (primary N) is 1. The van der Waals surface area contributed by atoms with Crippen LogP contribution in [0.1, 0.15) is 34.1 Å². The third kappa shape index (κ3) is 1.39. The summed E-state index contributed by atoms with van der Waals surface area (Å²) >= 11 is 0. The normalized spacial score (nSPS) is 48.2. The molecular weight excluding hydrogens is 146 g/mol. The first-order chi connectivity index (χ1) is 5.63. The lowest BCUT2D eigenvalue weighted by Crippen LogP contribution is -2.24. The van der Waals surface area contributed by atoms with E-state index >= 15 is 0 Å². The van der Waals surface area contributed by atoms with Crippen LogP contribution in [0.25, 0.3) is 0 Å². The van der Waals surface area contributed by atoms with Gasteiger partial charge < -0.3 is 5.73 Å². The Morgan fingerprint density at radius 3 is 1.75 bits per heavy atom. The highest BCUT2D eigenvalue weighted by Gasteiger charge is 2.41. The lowest BCUT2D eigenvalue weighted by molar-refractivity contribution is 0.297. The summed E-state index contributed by atoms with van der Waals surface area (Å²) in [6.45, 7) is 10.3.